The van der Waals surface area contributed by atoms with Crippen molar-refractivity contribution in [2.45, 2.75) is 25.9 Å². The number of pyridine rings is 1. The smallest absolute Gasteiger partial charge is 0.322 e. The molecular weight excluding hydrogens is 480 g/mol. The number of aryl methyl sites for hydroxylation is 2. The molecule has 1 aromatic carbocycles. The van der Waals surface area contributed by atoms with Crippen molar-refractivity contribution in [3.05, 3.63) is 64.7 Å². The molecule has 1 unspecified atom stereocenters. The molecule has 3 N–H and O–H groups in total. The molecule has 188 valence electrons. The minimum atomic E-state index is -1.63. The van der Waals surface area contributed by atoms with Gasteiger partial charge in [-0.15, -0.1) is 0 Å². The van der Waals surface area contributed by atoms with Gasteiger partial charge >= 0.3 is 6.03 Å². The van der Waals surface area contributed by atoms with Gasteiger partial charge in [-0.2, -0.15) is 0 Å². The molecule has 1 fully saturated rings. The quantitative estimate of drug-likeness (QED) is 0.338. The van der Waals surface area contributed by atoms with Crippen LogP contribution in [0.2, 0.25) is 0 Å². The number of carbonyl (C=O) groups is 3. The molecular formula is C25H22N6O6. The maximum Gasteiger partial charge on any atom is 0.322 e. The van der Waals surface area contributed by atoms with E-state index in [0.717, 1.165) is 5.56 Å². The van der Waals surface area contributed by atoms with Crippen molar-refractivity contribution < 1.29 is 28.1 Å². The topological polar surface area (TPSA) is 152 Å². The standard InChI is InChI=1S/C25H22N6O6/c1-12-21(13(2)37-30-12)27-20-7-6-18-17(26-20)9-19(36-18)25(23(33)28-24(34)29-25)11-31-10-14-4-5-15(35-3)8-16(14)22(31)32/h4-9H,10-11H2,1-3H3,(H,26,27)(H2,28,29,33,34). The number of urea groups is 1. The van der Waals surface area contributed by atoms with E-state index in [1.807, 2.05) is 13.0 Å². The summed E-state index contributed by atoms with van der Waals surface area (Å²) in [5.41, 5.74) is 1.92. The summed E-state index contributed by atoms with van der Waals surface area (Å²) in [5, 5.41) is 12.1. The van der Waals surface area contributed by atoms with Crippen LogP contribution in [0.5, 0.6) is 5.75 Å². The fourth-order valence-corrected chi connectivity index (χ4v) is 4.73. The molecule has 6 rings (SSSR count). The predicted octanol–water partition coefficient (Wildman–Crippen LogP) is 2.88. The Morgan fingerprint density at radius 2 is 2.00 bits per heavy atom. The van der Waals surface area contributed by atoms with E-state index in [-0.39, 0.29) is 24.8 Å². The summed E-state index contributed by atoms with van der Waals surface area (Å²) in [5.74, 6) is 0.955. The summed E-state index contributed by atoms with van der Waals surface area (Å²) in [6.45, 7) is 3.74. The molecule has 0 aliphatic carbocycles. The van der Waals surface area contributed by atoms with E-state index < -0.39 is 17.5 Å². The number of anilines is 2. The minimum Gasteiger partial charge on any atom is -0.497 e. The normalized spacial score (nSPS) is 18.8. The van der Waals surface area contributed by atoms with Crippen molar-refractivity contribution in [2.75, 3.05) is 19.0 Å². The highest BCUT2D eigenvalue weighted by Crippen LogP contribution is 2.35. The first kappa shape index (κ1) is 22.6. The van der Waals surface area contributed by atoms with Gasteiger partial charge in [0.15, 0.2) is 16.9 Å². The molecule has 0 bridgehead atoms. The summed E-state index contributed by atoms with van der Waals surface area (Å²) >= 11 is 0. The van der Waals surface area contributed by atoms with Gasteiger partial charge in [0.2, 0.25) is 0 Å². The van der Waals surface area contributed by atoms with Crippen LogP contribution >= 0.6 is 0 Å². The second-order valence-electron chi connectivity index (χ2n) is 9.01. The van der Waals surface area contributed by atoms with Gasteiger partial charge in [0.25, 0.3) is 11.8 Å². The first-order valence-corrected chi connectivity index (χ1v) is 11.5. The number of nitrogens with zero attached hydrogens (tertiary/aromatic N) is 3. The van der Waals surface area contributed by atoms with Gasteiger partial charge in [0.05, 0.1) is 13.7 Å². The number of imide groups is 1. The maximum absolute atomic E-state index is 13.2. The van der Waals surface area contributed by atoms with Crippen LogP contribution in [0.15, 0.2) is 45.3 Å². The van der Waals surface area contributed by atoms with E-state index in [9.17, 15) is 14.4 Å². The Kier molecular flexibility index (Phi) is 4.93. The second kappa shape index (κ2) is 8.08. The van der Waals surface area contributed by atoms with Crippen molar-refractivity contribution in [1.29, 1.82) is 0 Å². The van der Waals surface area contributed by atoms with Crippen LogP contribution in [0.3, 0.4) is 0 Å². The van der Waals surface area contributed by atoms with Gasteiger partial charge in [0.1, 0.15) is 34.2 Å². The Hall–Kier alpha value is -4.87. The molecule has 2 aliphatic heterocycles. The van der Waals surface area contributed by atoms with Crippen LogP contribution in [0, 0.1) is 13.8 Å². The van der Waals surface area contributed by atoms with Crippen LogP contribution in [-0.4, -0.2) is 46.5 Å². The lowest BCUT2D eigenvalue weighted by atomic mass is 9.95. The summed E-state index contributed by atoms with van der Waals surface area (Å²) in [6, 6.07) is 9.59. The van der Waals surface area contributed by atoms with Crippen molar-refractivity contribution in [3.63, 3.8) is 0 Å². The molecule has 0 spiro atoms. The highest BCUT2D eigenvalue weighted by molar-refractivity contribution is 6.08. The Morgan fingerprint density at radius 1 is 1.16 bits per heavy atom. The van der Waals surface area contributed by atoms with Gasteiger partial charge in [-0.25, -0.2) is 9.78 Å². The third kappa shape index (κ3) is 3.56. The lowest BCUT2D eigenvalue weighted by Gasteiger charge is -2.28. The Labute approximate surface area is 209 Å². The molecule has 12 heteroatoms. The van der Waals surface area contributed by atoms with Crippen LogP contribution in [0.4, 0.5) is 16.3 Å². The Balaban J connectivity index is 1.35. The number of rotatable bonds is 6. The van der Waals surface area contributed by atoms with Crippen molar-refractivity contribution in [1.82, 2.24) is 25.7 Å². The molecule has 12 nitrogen and oxygen atoms in total. The van der Waals surface area contributed by atoms with E-state index >= 15 is 0 Å². The lowest BCUT2D eigenvalue weighted by Crippen LogP contribution is -2.52. The monoisotopic (exact) mass is 502 g/mol. The summed E-state index contributed by atoms with van der Waals surface area (Å²) in [4.78, 5) is 44.7. The Morgan fingerprint density at radius 3 is 2.70 bits per heavy atom. The van der Waals surface area contributed by atoms with Gasteiger partial charge in [0, 0.05) is 18.2 Å². The molecule has 1 atom stereocenters. The number of amides is 4. The number of methoxy groups -OCH3 is 1. The second-order valence-corrected chi connectivity index (χ2v) is 9.01. The number of aromatic nitrogens is 2. The van der Waals surface area contributed by atoms with Gasteiger partial charge < -0.3 is 29.2 Å². The summed E-state index contributed by atoms with van der Waals surface area (Å²) in [6.07, 6.45) is 0. The number of carbonyl (C=O) groups excluding carboxylic acids is 3. The lowest BCUT2D eigenvalue weighted by molar-refractivity contribution is -0.125. The minimum absolute atomic E-state index is 0.135. The largest absolute Gasteiger partial charge is 0.497 e. The summed E-state index contributed by atoms with van der Waals surface area (Å²) < 4.78 is 16.4. The summed E-state index contributed by atoms with van der Waals surface area (Å²) in [7, 11) is 1.53. The number of ether oxygens (including phenoxy) is 1. The number of hydrogen-bond donors (Lipinski definition) is 3. The molecule has 0 saturated carbocycles. The fourth-order valence-electron chi connectivity index (χ4n) is 4.73. The number of fused-ring (bicyclic) bond motifs is 2. The van der Waals surface area contributed by atoms with Crippen LogP contribution in [0.25, 0.3) is 11.1 Å². The zero-order chi connectivity index (χ0) is 25.9. The zero-order valence-electron chi connectivity index (χ0n) is 20.2. The molecule has 2 aliphatic rings. The van der Waals surface area contributed by atoms with Gasteiger partial charge in [-0.05, 0) is 43.7 Å². The molecule has 0 radical (unpaired) electrons. The van der Waals surface area contributed by atoms with E-state index in [1.165, 1.54) is 12.0 Å². The van der Waals surface area contributed by atoms with Crippen molar-refractivity contribution >= 4 is 40.5 Å². The first-order valence-electron chi connectivity index (χ1n) is 11.5. The van der Waals surface area contributed by atoms with Gasteiger partial charge in [-0.1, -0.05) is 11.2 Å². The Bertz CT molecular complexity index is 1590. The first-order chi connectivity index (χ1) is 17.8. The number of nitrogens with one attached hydrogen (secondary N) is 3. The number of benzene rings is 1. The molecule has 3 aromatic heterocycles. The highest BCUT2D eigenvalue weighted by Gasteiger charge is 2.53. The van der Waals surface area contributed by atoms with E-state index in [4.69, 9.17) is 13.7 Å². The third-order valence-corrected chi connectivity index (χ3v) is 6.65. The van der Waals surface area contributed by atoms with E-state index in [0.29, 0.717) is 45.4 Å². The van der Waals surface area contributed by atoms with Gasteiger partial charge in [-0.3, -0.25) is 14.9 Å². The van der Waals surface area contributed by atoms with E-state index in [2.05, 4.69) is 26.1 Å². The fraction of sp³-hybridized carbons (Fsp3) is 0.240. The third-order valence-electron chi connectivity index (χ3n) is 6.65. The van der Waals surface area contributed by atoms with Crippen LogP contribution in [-0.2, 0) is 16.9 Å². The number of hydrogen-bond acceptors (Lipinski definition) is 9. The maximum atomic E-state index is 13.2. The molecule has 5 heterocycles. The molecule has 1 saturated heterocycles. The average Bonchev–Trinajstić information content (AvgIpc) is 3.61. The molecule has 37 heavy (non-hydrogen) atoms. The van der Waals surface area contributed by atoms with Crippen LogP contribution < -0.4 is 20.7 Å². The highest BCUT2D eigenvalue weighted by atomic mass is 16.5. The SMILES string of the molecule is COc1ccc2c(c1)C(=O)N(CC1(c3cc4nc(Nc5c(C)noc5C)ccc4o3)NC(=O)NC1=O)C2. The zero-order valence-corrected chi connectivity index (χ0v) is 20.2. The predicted molar refractivity (Wildman–Crippen MR) is 129 cm³/mol. The average molecular weight is 502 g/mol. The van der Waals surface area contributed by atoms with Crippen molar-refractivity contribution in [2.24, 2.45) is 0 Å². The van der Waals surface area contributed by atoms with Crippen molar-refractivity contribution in [3.8, 4) is 5.75 Å². The van der Waals surface area contributed by atoms with Crippen LogP contribution in [0.1, 0.15) is 33.1 Å². The molecule has 4 amide bonds. The van der Waals surface area contributed by atoms with E-state index in [1.54, 1.807) is 37.3 Å². The number of furan rings is 1. The molecule has 4 aromatic rings.